The Bertz CT molecular complexity index is 355. The van der Waals surface area contributed by atoms with Crippen LogP contribution in [0.5, 0.6) is 0 Å². The second-order valence-electron chi connectivity index (χ2n) is 7.04. The minimum Gasteiger partial charge on any atom is -0.481 e. The molecule has 0 bridgehead atoms. The van der Waals surface area contributed by atoms with Crippen molar-refractivity contribution in [3.05, 3.63) is 0 Å². The molecule has 120 valence electrons. The van der Waals surface area contributed by atoms with Gasteiger partial charge in [-0.3, -0.25) is 9.59 Å². The number of rotatable bonds is 5. The predicted octanol–water partition coefficient (Wildman–Crippen LogP) is 3.35. The van der Waals surface area contributed by atoms with Gasteiger partial charge in [0.1, 0.15) is 0 Å². The molecule has 0 heterocycles. The molecule has 2 aliphatic rings. The van der Waals surface area contributed by atoms with Gasteiger partial charge >= 0.3 is 5.97 Å². The van der Waals surface area contributed by atoms with Gasteiger partial charge in [-0.05, 0) is 38.0 Å². The number of aliphatic carboxylic acids is 1. The molecule has 1 unspecified atom stereocenters. The Morgan fingerprint density at radius 3 is 2.24 bits per heavy atom. The first kappa shape index (κ1) is 16.3. The van der Waals surface area contributed by atoms with E-state index in [0.29, 0.717) is 12.8 Å². The molecule has 0 saturated heterocycles. The molecule has 2 saturated carbocycles. The number of carboxylic acids is 1. The molecular formula is C17H29NO3. The van der Waals surface area contributed by atoms with Gasteiger partial charge in [0.05, 0.1) is 5.92 Å². The van der Waals surface area contributed by atoms with E-state index in [1.54, 1.807) is 0 Å². The van der Waals surface area contributed by atoms with Crippen LogP contribution in [0.2, 0.25) is 0 Å². The Balaban J connectivity index is 1.70. The number of carbonyl (C=O) groups is 2. The van der Waals surface area contributed by atoms with Crippen molar-refractivity contribution in [1.82, 2.24) is 5.32 Å². The summed E-state index contributed by atoms with van der Waals surface area (Å²) in [6.07, 6.45) is 10.5. The molecule has 0 spiro atoms. The number of hydrogen-bond acceptors (Lipinski definition) is 2. The summed E-state index contributed by atoms with van der Waals surface area (Å²) < 4.78 is 0. The third-order valence-corrected chi connectivity index (χ3v) is 5.28. The Labute approximate surface area is 127 Å². The summed E-state index contributed by atoms with van der Waals surface area (Å²) >= 11 is 0. The fourth-order valence-corrected chi connectivity index (χ4v) is 3.86. The van der Waals surface area contributed by atoms with Crippen LogP contribution in [-0.4, -0.2) is 23.0 Å². The van der Waals surface area contributed by atoms with Gasteiger partial charge in [-0.1, -0.05) is 39.0 Å². The van der Waals surface area contributed by atoms with E-state index in [9.17, 15) is 9.59 Å². The summed E-state index contributed by atoms with van der Waals surface area (Å²) in [7, 11) is 0. The first-order valence-corrected chi connectivity index (χ1v) is 8.59. The number of hydrogen-bond donors (Lipinski definition) is 2. The van der Waals surface area contributed by atoms with Crippen molar-refractivity contribution in [2.45, 2.75) is 77.2 Å². The zero-order valence-electron chi connectivity index (χ0n) is 13.1. The van der Waals surface area contributed by atoms with Crippen LogP contribution in [0.25, 0.3) is 0 Å². The van der Waals surface area contributed by atoms with Gasteiger partial charge in [0.2, 0.25) is 5.91 Å². The topological polar surface area (TPSA) is 66.4 Å². The zero-order valence-corrected chi connectivity index (χ0v) is 13.1. The molecule has 2 N–H and O–H groups in total. The Kier molecular flexibility index (Phi) is 6.07. The fourth-order valence-electron chi connectivity index (χ4n) is 3.86. The molecule has 0 radical (unpaired) electrons. The highest BCUT2D eigenvalue weighted by atomic mass is 16.4. The largest absolute Gasteiger partial charge is 0.481 e. The lowest BCUT2D eigenvalue weighted by molar-refractivity contribution is -0.142. The van der Waals surface area contributed by atoms with Crippen LogP contribution in [-0.2, 0) is 9.59 Å². The fraction of sp³-hybridized carbons (Fsp3) is 0.882. The van der Waals surface area contributed by atoms with Crippen LogP contribution in [0.3, 0.4) is 0 Å². The van der Waals surface area contributed by atoms with Gasteiger partial charge in [-0.2, -0.15) is 0 Å². The Morgan fingerprint density at radius 2 is 1.67 bits per heavy atom. The monoisotopic (exact) mass is 295 g/mol. The van der Waals surface area contributed by atoms with Crippen LogP contribution >= 0.6 is 0 Å². The molecular weight excluding hydrogens is 266 g/mol. The van der Waals surface area contributed by atoms with Gasteiger partial charge < -0.3 is 10.4 Å². The quantitative estimate of drug-likeness (QED) is 0.817. The highest BCUT2D eigenvalue weighted by Gasteiger charge is 2.28. The summed E-state index contributed by atoms with van der Waals surface area (Å²) in [5, 5.41) is 12.1. The minimum atomic E-state index is -0.689. The zero-order chi connectivity index (χ0) is 15.2. The summed E-state index contributed by atoms with van der Waals surface area (Å²) in [6, 6.07) is 0.182. The third kappa shape index (κ3) is 5.01. The Morgan fingerprint density at radius 1 is 1.05 bits per heavy atom. The van der Waals surface area contributed by atoms with E-state index < -0.39 is 5.97 Å². The Hall–Kier alpha value is -1.06. The van der Waals surface area contributed by atoms with Gasteiger partial charge in [0, 0.05) is 12.0 Å². The minimum absolute atomic E-state index is 0.0882. The molecule has 1 amide bonds. The van der Waals surface area contributed by atoms with E-state index in [2.05, 4.69) is 5.32 Å². The predicted molar refractivity (Wildman–Crippen MR) is 81.9 cm³/mol. The van der Waals surface area contributed by atoms with E-state index in [1.165, 1.54) is 32.1 Å². The molecule has 0 aromatic carbocycles. The SMILES string of the molecule is CC(CC1CCCCC1)C(=O)NC1CCC(C(=O)O)CC1. The van der Waals surface area contributed by atoms with E-state index >= 15 is 0 Å². The van der Waals surface area contributed by atoms with Crippen molar-refractivity contribution >= 4 is 11.9 Å². The number of carboxylic acid groups (broad SMARTS) is 1. The molecule has 4 heteroatoms. The lowest BCUT2D eigenvalue weighted by atomic mass is 9.82. The highest BCUT2D eigenvalue weighted by Crippen LogP contribution is 2.29. The van der Waals surface area contributed by atoms with Crippen LogP contribution < -0.4 is 5.32 Å². The maximum atomic E-state index is 12.3. The van der Waals surface area contributed by atoms with E-state index in [-0.39, 0.29) is 23.8 Å². The van der Waals surface area contributed by atoms with Crippen molar-refractivity contribution in [3.8, 4) is 0 Å². The first-order valence-electron chi connectivity index (χ1n) is 8.59. The van der Waals surface area contributed by atoms with Crippen molar-refractivity contribution in [1.29, 1.82) is 0 Å². The average Bonchev–Trinajstić information content (AvgIpc) is 2.48. The lowest BCUT2D eigenvalue weighted by Gasteiger charge is -2.29. The molecule has 0 aromatic heterocycles. The molecule has 4 nitrogen and oxygen atoms in total. The second kappa shape index (κ2) is 7.81. The maximum absolute atomic E-state index is 12.3. The van der Waals surface area contributed by atoms with Gasteiger partial charge in [-0.15, -0.1) is 0 Å². The highest BCUT2D eigenvalue weighted by molar-refractivity contribution is 5.78. The van der Waals surface area contributed by atoms with Gasteiger partial charge in [0.25, 0.3) is 0 Å². The number of carbonyl (C=O) groups excluding carboxylic acids is 1. The molecule has 1 atom stereocenters. The summed E-state index contributed by atoms with van der Waals surface area (Å²) in [6.45, 7) is 2.03. The first-order chi connectivity index (χ1) is 10.1. The summed E-state index contributed by atoms with van der Waals surface area (Å²) in [5.74, 6) is 0.0788. The van der Waals surface area contributed by atoms with E-state index in [1.807, 2.05) is 6.92 Å². The molecule has 0 aliphatic heterocycles. The number of nitrogens with one attached hydrogen (secondary N) is 1. The molecule has 2 aliphatic carbocycles. The van der Waals surface area contributed by atoms with Gasteiger partial charge in [0.15, 0.2) is 0 Å². The van der Waals surface area contributed by atoms with Crippen LogP contribution in [0.15, 0.2) is 0 Å². The third-order valence-electron chi connectivity index (χ3n) is 5.28. The molecule has 2 rings (SSSR count). The van der Waals surface area contributed by atoms with Crippen molar-refractivity contribution in [2.24, 2.45) is 17.8 Å². The smallest absolute Gasteiger partial charge is 0.306 e. The van der Waals surface area contributed by atoms with Crippen LogP contribution in [0.1, 0.15) is 71.1 Å². The maximum Gasteiger partial charge on any atom is 0.306 e. The molecule has 0 aromatic rings. The van der Waals surface area contributed by atoms with Crippen LogP contribution in [0, 0.1) is 17.8 Å². The lowest BCUT2D eigenvalue weighted by Crippen LogP contribution is -2.41. The van der Waals surface area contributed by atoms with Crippen molar-refractivity contribution in [2.75, 3.05) is 0 Å². The average molecular weight is 295 g/mol. The molecule has 2 fully saturated rings. The van der Waals surface area contributed by atoms with E-state index in [4.69, 9.17) is 5.11 Å². The van der Waals surface area contributed by atoms with Crippen molar-refractivity contribution < 1.29 is 14.7 Å². The second-order valence-corrected chi connectivity index (χ2v) is 7.04. The summed E-state index contributed by atoms with van der Waals surface area (Å²) in [4.78, 5) is 23.2. The standard InChI is InChI=1S/C17H29NO3/c1-12(11-13-5-3-2-4-6-13)16(19)18-15-9-7-14(8-10-15)17(20)21/h12-15H,2-11H2,1H3,(H,18,19)(H,20,21). The van der Waals surface area contributed by atoms with Crippen molar-refractivity contribution in [3.63, 3.8) is 0 Å². The normalized spacial score (nSPS) is 28.8. The van der Waals surface area contributed by atoms with E-state index in [0.717, 1.165) is 25.2 Å². The molecule has 21 heavy (non-hydrogen) atoms. The number of amides is 1. The van der Waals surface area contributed by atoms with Gasteiger partial charge in [-0.25, -0.2) is 0 Å². The summed E-state index contributed by atoms with van der Waals surface area (Å²) in [5.41, 5.74) is 0. The van der Waals surface area contributed by atoms with Crippen LogP contribution in [0.4, 0.5) is 0 Å².